The van der Waals surface area contributed by atoms with Crippen LogP contribution in [0.3, 0.4) is 0 Å². The molecule has 1 aromatic carbocycles. The summed E-state index contributed by atoms with van der Waals surface area (Å²) < 4.78 is 24.3. The molecule has 0 spiro atoms. The molecule has 0 fully saturated rings. The molecule has 0 aliphatic heterocycles. The smallest absolute Gasteiger partial charge is 0.150 e. The summed E-state index contributed by atoms with van der Waals surface area (Å²) >= 11 is 3.60. The van der Waals surface area contributed by atoms with Crippen LogP contribution in [0.2, 0.25) is 0 Å². The predicted molar refractivity (Wildman–Crippen MR) is 93.6 cm³/mol. The Morgan fingerprint density at radius 3 is 2.57 bits per heavy atom. The first-order chi connectivity index (χ1) is 10.00. The molecule has 0 radical (unpaired) electrons. The van der Waals surface area contributed by atoms with E-state index in [1.165, 1.54) is 5.56 Å². The molecule has 0 saturated carbocycles. The zero-order chi connectivity index (χ0) is 15.7. The van der Waals surface area contributed by atoms with Crippen molar-refractivity contribution < 1.29 is 8.42 Å². The summed E-state index contributed by atoms with van der Waals surface area (Å²) in [7, 11) is -2.86. The highest BCUT2D eigenvalue weighted by molar-refractivity contribution is 9.10. The molecule has 0 bridgehead atoms. The van der Waals surface area contributed by atoms with Gasteiger partial charge in [-0.1, -0.05) is 48.0 Å². The second kappa shape index (κ2) is 9.59. The van der Waals surface area contributed by atoms with Crippen molar-refractivity contribution in [1.29, 1.82) is 0 Å². The lowest BCUT2D eigenvalue weighted by molar-refractivity contribution is 0.537. The fraction of sp³-hybridized carbons (Fsp3) is 0.625. The van der Waals surface area contributed by atoms with Crippen molar-refractivity contribution in [3.63, 3.8) is 0 Å². The van der Waals surface area contributed by atoms with E-state index in [0.717, 1.165) is 36.8 Å². The summed E-state index contributed by atoms with van der Waals surface area (Å²) in [5, 5.41) is 3.45. The number of sulfone groups is 1. The maximum atomic E-state index is 11.6. The highest BCUT2D eigenvalue weighted by atomic mass is 79.9. The highest BCUT2D eigenvalue weighted by Crippen LogP contribution is 2.28. The summed E-state index contributed by atoms with van der Waals surface area (Å²) in [6.45, 7) is 5.74. The zero-order valence-corrected chi connectivity index (χ0v) is 15.3. The molecular weight excluding hydrogens is 350 g/mol. The molecular formula is C16H26BrNO2S. The van der Waals surface area contributed by atoms with E-state index in [2.05, 4.69) is 34.2 Å². The molecule has 1 aromatic rings. The van der Waals surface area contributed by atoms with E-state index in [0.29, 0.717) is 5.92 Å². The summed E-state index contributed by atoms with van der Waals surface area (Å²) in [5.41, 5.74) is 1.26. The molecule has 1 N–H and O–H groups in total. The van der Waals surface area contributed by atoms with Crippen molar-refractivity contribution in [2.45, 2.75) is 39.0 Å². The first-order valence-corrected chi connectivity index (χ1v) is 10.3. The predicted octanol–water partition coefficient (Wildman–Crippen LogP) is 3.75. The molecule has 0 heterocycles. The van der Waals surface area contributed by atoms with Crippen LogP contribution in [0, 0.1) is 0 Å². The van der Waals surface area contributed by atoms with Crippen molar-refractivity contribution in [3.8, 4) is 0 Å². The van der Waals surface area contributed by atoms with Crippen LogP contribution in [0.15, 0.2) is 28.7 Å². The standard InChI is InChI=1S/C16H26BrNO2S/c1-3-11-18-13-14(8-7-12-21(19,20)4-2)15-9-5-6-10-16(15)17/h5-6,9-10,14,18H,3-4,7-8,11-13H2,1-2H3. The van der Waals surface area contributed by atoms with E-state index >= 15 is 0 Å². The van der Waals surface area contributed by atoms with Gasteiger partial charge in [0.1, 0.15) is 9.84 Å². The summed E-state index contributed by atoms with van der Waals surface area (Å²) in [4.78, 5) is 0. The highest BCUT2D eigenvalue weighted by Gasteiger charge is 2.15. The van der Waals surface area contributed by atoms with Crippen LogP contribution in [-0.4, -0.2) is 33.0 Å². The Labute approximate surface area is 137 Å². The third-order valence-electron chi connectivity index (χ3n) is 3.61. The third-order valence-corrected chi connectivity index (χ3v) is 6.12. The Kier molecular flexibility index (Phi) is 8.52. The first-order valence-electron chi connectivity index (χ1n) is 7.65. The summed E-state index contributed by atoms with van der Waals surface area (Å²) in [6.07, 6.45) is 2.71. The minimum atomic E-state index is -2.86. The van der Waals surface area contributed by atoms with Gasteiger partial charge in [-0.25, -0.2) is 8.42 Å². The lowest BCUT2D eigenvalue weighted by Gasteiger charge is -2.19. The van der Waals surface area contributed by atoms with Crippen LogP contribution in [0.25, 0.3) is 0 Å². The zero-order valence-electron chi connectivity index (χ0n) is 12.9. The monoisotopic (exact) mass is 375 g/mol. The van der Waals surface area contributed by atoms with Crippen LogP contribution >= 0.6 is 15.9 Å². The fourth-order valence-electron chi connectivity index (χ4n) is 2.32. The third kappa shape index (κ3) is 6.94. The van der Waals surface area contributed by atoms with Gasteiger partial charge in [-0.2, -0.15) is 0 Å². The van der Waals surface area contributed by atoms with E-state index in [4.69, 9.17) is 0 Å². The lowest BCUT2D eigenvalue weighted by Crippen LogP contribution is -2.23. The van der Waals surface area contributed by atoms with Crippen LogP contribution in [-0.2, 0) is 9.84 Å². The first kappa shape index (κ1) is 18.7. The topological polar surface area (TPSA) is 46.2 Å². The van der Waals surface area contributed by atoms with Gasteiger partial charge in [0, 0.05) is 16.8 Å². The van der Waals surface area contributed by atoms with Crippen molar-refractivity contribution in [1.82, 2.24) is 5.32 Å². The van der Waals surface area contributed by atoms with Gasteiger partial charge < -0.3 is 5.32 Å². The number of hydrogen-bond acceptors (Lipinski definition) is 3. The van der Waals surface area contributed by atoms with Crippen LogP contribution < -0.4 is 5.32 Å². The van der Waals surface area contributed by atoms with E-state index < -0.39 is 9.84 Å². The number of hydrogen-bond donors (Lipinski definition) is 1. The average Bonchev–Trinajstić information content (AvgIpc) is 2.46. The lowest BCUT2D eigenvalue weighted by atomic mass is 9.94. The van der Waals surface area contributed by atoms with Gasteiger partial charge in [0.2, 0.25) is 0 Å². The summed E-state index contributed by atoms with van der Waals surface area (Å²) in [5.74, 6) is 0.873. The fourth-order valence-corrected chi connectivity index (χ4v) is 3.82. The maximum absolute atomic E-state index is 11.6. The van der Waals surface area contributed by atoms with Crippen molar-refractivity contribution in [3.05, 3.63) is 34.3 Å². The quantitative estimate of drug-likeness (QED) is 0.633. The molecule has 1 rings (SSSR count). The molecule has 21 heavy (non-hydrogen) atoms. The number of halogens is 1. The largest absolute Gasteiger partial charge is 0.316 e. The molecule has 0 saturated heterocycles. The summed E-state index contributed by atoms with van der Waals surface area (Å²) in [6, 6.07) is 8.21. The van der Waals surface area contributed by atoms with Gasteiger partial charge in [0.05, 0.1) is 5.75 Å². The van der Waals surface area contributed by atoms with E-state index in [-0.39, 0.29) is 11.5 Å². The Balaban J connectivity index is 2.67. The van der Waals surface area contributed by atoms with Gasteiger partial charge in [-0.05, 0) is 43.4 Å². The normalized spacial score (nSPS) is 13.3. The number of benzene rings is 1. The molecule has 120 valence electrons. The van der Waals surface area contributed by atoms with Crippen molar-refractivity contribution >= 4 is 25.8 Å². The van der Waals surface area contributed by atoms with Crippen LogP contribution in [0.1, 0.15) is 44.6 Å². The molecule has 0 aliphatic carbocycles. The Morgan fingerprint density at radius 2 is 1.95 bits per heavy atom. The van der Waals surface area contributed by atoms with Crippen LogP contribution in [0.5, 0.6) is 0 Å². The number of nitrogens with one attached hydrogen (secondary N) is 1. The second-order valence-electron chi connectivity index (χ2n) is 5.30. The Morgan fingerprint density at radius 1 is 1.24 bits per heavy atom. The molecule has 0 aliphatic rings. The van der Waals surface area contributed by atoms with Gasteiger partial charge in [0.15, 0.2) is 0 Å². The SMILES string of the molecule is CCCNCC(CCCS(=O)(=O)CC)c1ccccc1Br. The minimum Gasteiger partial charge on any atom is -0.316 e. The second-order valence-corrected chi connectivity index (χ2v) is 8.63. The molecule has 0 amide bonds. The molecule has 5 heteroatoms. The van der Waals surface area contributed by atoms with Gasteiger partial charge in [-0.3, -0.25) is 0 Å². The van der Waals surface area contributed by atoms with Crippen LogP contribution in [0.4, 0.5) is 0 Å². The van der Waals surface area contributed by atoms with Gasteiger partial charge in [-0.15, -0.1) is 0 Å². The van der Waals surface area contributed by atoms with E-state index in [9.17, 15) is 8.42 Å². The maximum Gasteiger partial charge on any atom is 0.150 e. The van der Waals surface area contributed by atoms with Gasteiger partial charge >= 0.3 is 0 Å². The van der Waals surface area contributed by atoms with Crippen molar-refractivity contribution in [2.75, 3.05) is 24.6 Å². The Hall–Kier alpha value is -0.390. The van der Waals surface area contributed by atoms with Crippen molar-refractivity contribution in [2.24, 2.45) is 0 Å². The van der Waals surface area contributed by atoms with E-state index in [1.54, 1.807) is 6.92 Å². The Bertz CT molecular complexity index is 517. The average molecular weight is 376 g/mol. The minimum absolute atomic E-state index is 0.237. The molecule has 3 nitrogen and oxygen atoms in total. The molecule has 1 atom stereocenters. The number of rotatable bonds is 10. The van der Waals surface area contributed by atoms with Gasteiger partial charge in [0.25, 0.3) is 0 Å². The molecule has 1 unspecified atom stereocenters. The van der Waals surface area contributed by atoms with E-state index in [1.807, 2.05) is 18.2 Å². The molecule has 0 aromatic heterocycles.